The van der Waals surface area contributed by atoms with E-state index in [1.54, 1.807) is 0 Å². The van der Waals surface area contributed by atoms with Crippen LogP contribution in [0.1, 0.15) is 6.42 Å². The van der Waals surface area contributed by atoms with E-state index in [1.165, 1.54) is 18.2 Å². The SMILES string of the molecule is Nc1cc(F)ccc1NCCCS(N)(=O)=O. The second-order valence-corrected chi connectivity index (χ2v) is 5.11. The summed E-state index contributed by atoms with van der Waals surface area (Å²) in [4.78, 5) is 0. The van der Waals surface area contributed by atoms with E-state index in [1.807, 2.05) is 0 Å². The van der Waals surface area contributed by atoms with Gasteiger partial charge in [-0.3, -0.25) is 0 Å². The molecule has 0 radical (unpaired) electrons. The lowest BCUT2D eigenvalue weighted by molar-refractivity contribution is 0.596. The van der Waals surface area contributed by atoms with Gasteiger partial charge in [-0.15, -0.1) is 0 Å². The fourth-order valence-corrected chi connectivity index (χ4v) is 1.74. The largest absolute Gasteiger partial charge is 0.397 e. The highest BCUT2D eigenvalue weighted by Crippen LogP contribution is 2.18. The number of sulfonamides is 1. The minimum atomic E-state index is -3.43. The molecule has 1 aromatic carbocycles. The van der Waals surface area contributed by atoms with E-state index in [2.05, 4.69) is 5.32 Å². The van der Waals surface area contributed by atoms with Gasteiger partial charge in [-0.25, -0.2) is 17.9 Å². The van der Waals surface area contributed by atoms with E-state index in [4.69, 9.17) is 10.9 Å². The highest BCUT2D eigenvalue weighted by atomic mass is 32.2. The minimum absolute atomic E-state index is 0.0961. The summed E-state index contributed by atoms with van der Waals surface area (Å²) < 4.78 is 33.9. The molecule has 0 aliphatic heterocycles. The van der Waals surface area contributed by atoms with Crippen molar-refractivity contribution >= 4 is 21.4 Å². The molecular formula is C9H14FN3O2S. The molecule has 0 saturated carbocycles. The molecular weight excluding hydrogens is 233 g/mol. The average Bonchev–Trinajstić information content (AvgIpc) is 2.13. The first-order valence-electron chi connectivity index (χ1n) is 4.68. The van der Waals surface area contributed by atoms with Gasteiger partial charge in [0.25, 0.3) is 0 Å². The summed E-state index contributed by atoms with van der Waals surface area (Å²) in [5, 5.41) is 7.74. The molecule has 0 aromatic heterocycles. The molecule has 0 amide bonds. The molecule has 0 atom stereocenters. The van der Waals surface area contributed by atoms with Crippen LogP contribution in [0.25, 0.3) is 0 Å². The summed E-state index contributed by atoms with van der Waals surface area (Å²) in [7, 11) is -3.43. The van der Waals surface area contributed by atoms with E-state index in [-0.39, 0.29) is 11.4 Å². The van der Waals surface area contributed by atoms with Gasteiger partial charge in [0.2, 0.25) is 10.0 Å². The van der Waals surface area contributed by atoms with E-state index in [9.17, 15) is 12.8 Å². The first-order chi connectivity index (χ1) is 7.38. The van der Waals surface area contributed by atoms with Crippen LogP contribution in [0.15, 0.2) is 18.2 Å². The van der Waals surface area contributed by atoms with Crippen LogP contribution in [-0.2, 0) is 10.0 Å². The number of hydrogen-bond donors (Lipinski definition) is 3. The van der Waals surface area contributed by atoms with Gasteiger partial charge in [-0.05, 0) is 24.6 Å². The van der Waals surface area contributed by atoms with E-state index < -0.39 is 15.8 Å². The summed E-state index contributed by atoms with van der Waals surface area (Å²) in [6.07, 6.45) is 0.371. The summed E-state index contributed by atoms with van der Waals surface area (Å²) >= 11 is 0. The van der Waals surface area contributed by atoms with E-state index >= 15 is 0 Å². The second kappa shape index (κ2) is 5.13. The molecule has 5 N–H and O–H groups in total. The van der Waals surface area contributed by atoms with Crippen molar-refractivity contribution in [3.63, 3.8) is 0 Å². The molecule has 0 spiro atoms. The molecule has 0 fully saturated rings. The highest BCUT2D eigenvalue weighted by Gasteiger charge is 2.03. The number of nitrogens with two attached hydrogens (primary N) is 2. The Kier molecular flexibility index (Phi) is 4.08. The molecule has 0 bridgehead atoms. The van der Waals surface area contributed by atoms with Gasteiger partial charge in [-0.2, -0.15) is 0 Å². The summed E-state index contributed by atoms with van der Waals surface area (Å²) in [6, 6.07) is 3.97. The lowest BCUT2D eigenvalue weighted by atomic mass is 10.2. The molecule has 0 aliphatic rings. The third-order valence-electron chi connectivity index (χ3n) is 1.93. The van der Waals surface area contributed by atoms with Crippen LogP contribution in [0.5, 0.6) is 0 Å². The van der Waals surface area contributed by atoms with Crippen LogP contribution in [0.2, 0.25) is 0 Å². The van der Waals surface area contributed by atoms with Crippen molar-refractivity contribution in [2.45, 2.75) is 6.42 Å². The topological polar surface area (TPSA) is 98.2 Å². The maximum atomic E-state index is 12.7. The van der Waals surface area contributed by atoms with Crippen LogP contribution < -0.4 is 16.2 Å². The standard InChI is InChI=1S/C9H14FN3O2S/c10-7-2-3-9(8(11)6-7)13-4-1-5-16(12,14)15/h2-3,6,13H,1,4-5,11H2,(H2,12,14,15). The van der Waals surface area contributed by atoms with Crippen molar-refractivity contribution < 1.29 is 12.8 Å². The summed E-state index contributed by atoms with van der Waals surface area (Å²) in [5.41, 5.74) is 6.41. The molecule has 1 rings (SSSR count). The Hall–Kier alpha value is -1.34. The fraction of sp³-hybridized carbons (Fsp3) is 0.333. The number of halogens is 1. The van der Waals surface area contributed by atoms with Crippen molar-refractivity contribution in [2.75, 3.05) is 23.3 Å². The number of rotatable bonds is 5. The van der Waals surface area contributed by atoms with Gasteiger partial charge >= 0.3 is 0 Å². The quantitative estimate of drug-likeness (QED) is 0.521. The Morgan fingerprint density at radius 3 is 2.62 bits per heavy atom. The molecule has 0 saturated heterocycles. The first kappa shape index (κ1) is 12.7. The van der Waals surface area contributed by atoms with Gasteiger partial charge in [0.15, 0.2) is 0 Å². The van der Waals surface area contributed by atoms with Gasteiger partial charge in [0, 0.05) is 6.54 Å². The third kappa shape index (κ3) is 4.45. The smallest absolute Gasteiger partial charge is 0.209 e. The van der Waals surface area contributed by atoms with Gasteiger partial charge in [0.1, 0.15) is 5.82 Å². The van der Waals surface area contributed by atoms with Crippen molar-refractivity contribution in [2.24, 2.45) is 5.14 Å². The van der Waals surface area contributed by atoms with E-state index in [0.717, 1.165) is 0 Å². The lowest BCUT2D eigenvalue weighted by Crippen LogP contribution is -2.18. The normalized spacial score (nSPS) is 11.4. The molecule has 0 aliphatic carbocycles. The zero-order valence-corrected chi connectivity index (χ0v) is 9.43. The molecule has 7 heteroatoms. The maximum Gasteiger partial charge on any atom is 0.209 e. The molecule has 0 heterocycles. The van der Waals surface area contributed by atoms with E-state index in [0.29, 0.717) is 18.7 Å². The number of anilines is 2. The third-order valence-corrected chi connectivity index (χ3v) is 2.79. The van der Waals surface area contributed by atoms with Gasteiger partial charge in [0.05, 0.1) is 17.1 Å². The Balaban J connectivity index is 2.43. The Morgan fingerprint density at radius 1 is 1.38 bits per heavy atom. The average molecular weight is 247 g/mol. The monoisotopic (exact) mass is 247 g/mol. The summed E-state index contributed by atoms with van der Waals surface area (Å²) in [6.45, 7) is 0.409. The molecule has 1 aromatic rings. The van der Waals surface area contributed by atoms with Crippen LogP contribution >= 0.6 is 0 Å². The highest BCUT2D eigenvalue weighted by molar-refractivity contribution is 7.89. The first-order valence-corrected chi connectivity index (χ1v) is 6.39. The van der Waals surface area contributed by atoms with Crippen LogP contribution in [0.3, 0.4) is 0 Å². The van der Waals surface area contributed by atoms with Gasteiger partial charge < -0.3 is 11.1 Å². The fourth-order valence-electron chi connectivity index (χ4n) is 1.19. The minimum Gasteiger partial charge on any atom is -0.397 e. The predicted molar refractivity (Wildman–Crippen MR) is 61.9 cm³/mol. The molecule has 90 valence electrons. The lowest BCUT2D eigenvalue weighted by Gasteiger charge is -2.08. The zero-order valence-electron chi connectivity index (χ0n) is 8.61. The second-order valence-electron chi connectivity index (χ2n) is 3.38. The number of hydrogen-bond acceptors (Lipinski definition) is 4. The molecule has 0 unspecified atom stereocenters. The van der Waals surface area contributed by atoms with Crippen molar-refractivity contribution in [1.29, 1.82) is 0 Å². The van der Waals surface area contributed by atoms with Crippen LogP contribution in [-0.4, -0.2) is 20.7 Å². The predicted octanol–water partition coefficient (Wildman–Crippen LogP) is 0.498. The van der Waals surface area contributed by atoms with Crippen molar-refractivity contribution in [3.05, 3.63) is 24.0 Å². The van der Waals surface area contributed by atoms with Crippen molar-refractivity contribution in [3.8, 4) is 0 Å². The Bertz CT molecular complexity index is 462. The van der Waals surface area contributed by atoms with Gasteiger partial charge in [-0.1, -0.05) is 0 Å². The van der Waals surface area contributed by atoms with Crippen LogP contribution in [0, 0.1) is 5.82 Å². The number of benzene rings is 1. The Labute approximate surface area is 93.7 Å². The maximum absolute atomic E-state index is 12.7. The number of nitrogen functional groups attached to an aromatic ring is 1. The Morgan fingerprint density at radius 2 is 2.06 bits per heavy atom. The summed E-state index contributed by atoms with van der Waals surface area (Å²) in [5.74, 6) is -0.506. The molecule has 16 heavy (non-hydrogen) atoms. The molecule has 5 nitrogen and oxygen atoms in total. The number of primary sulfonamides is 1. The number of nitrogens with one attached hydrogen (secondary N) is 1. The van der Waals surface area contributed by atoms with Crippen LogP contribution in [0.4, 0.5) is 15.8 Å². The zero-order chi connectivity index (χ0) is 12.2. The van der Waals surface area contributed by atoms with Crippen molar-refractivity contribution in [1.82, 2.24) is 0 Å².